The fourth-order valence-electron chi connectivity index (χ4n) is 1.93. The van der Waals surface area contributed by atoms with Crippen LogP contribution in [0.15, 0.2) is 46.9 Å². The van der Waals surface area contributed by atoms with Crippen molar-refractivity contribution in [2.24, 2.45) is 0 Å². The first-order valence-electron chi connectivity index (χ1n) is 7.88. The number of carbonyl (C=O) groups excluding carboxylic acids is 2. The molecule has 0 fully saturated rings. The lowest BCUT2D eigenvalue weighted by Crippen LogP contribution is -2.49. The molecule has 0 saturated carbocycles. The number of para-hydroxylation sites is 2. The molecule has 1 aromatic carbocycles. The third-order valence-corrected chi connectivity index (χ3v) is 3.34. The van der Waals surface area contributed by atoms with Crippen LogP contribution in [0.1, 0.15) is 11.5 Å². The van der Waals surface area contributed by atoms with Crippen molar-refractivity contribution >= 4 is 35.2 Å². The van der Waals surface area contributed by atoms with Crippen molar-refractivity contribution in [2.45, 2.75) is 6.92 Å². The van der Waals surface area contributed by atoms with Gasteiger partial charge in [-0.3, -0.25) is 25.8 Å². The SMILES string of the molecule is COc1ccccc1OCC(=O)NNC(=S)NC(=O)C=Cc1ccc(C)o1. The standard InChI is InChI=1S/C18H19N3O5S/c1-12-7-8-13(26-12)9-10-16(22)19-18(27)21-20-17(23)11-25-15-6-4-3-5-14(15)24-2/h3-10H,11H2,1-2H3,(H,20,23)(H2,19,21,22,27). The predicted octanol–water partition coefficient (Wildman–Crippen LogP) is 1.71. The zero-order chi connectivity index (χ0) is 19.6. The van der Waals surface area contributed by atoms with Gasteiger partial charge in [-0.2, -0.15) is 0 Å². The molecule has 0 aliphatic heterocycles. The van der Waals surface area contributed by atoms with Crippen molar-refractivity contribution in [2.75, 3.05) is 13.7 Å². The van der Waals surface area contributed by atoms with Gasteiger partial charge in [-0.25, -0.2) is 0 Å². The number of aryl methyl sites for hydroxylation is 1. The van der Waals surface area contributed by atoms with E-state index in [1.807, 2.05) is 0 Å². The first-order chi connectivity index (χ1) is 13.0. The number of hydrazine groups is 1. The van der Waals surface area contributed by atoms with Crippen LogP contribution in [0.4, 0.5) is 0 Å². The molecule has 0 aliphatic carbocycles. The summed E-state index contributed by atoms with van der Waals surface area (Å²) in [5, 5.41) is 2.32. The molecule has 0 radical (unpaired) electrons. The highest BCUT2D eigenvalue weighted by molar-refractivity contribution is 7.80. The number of carbonyl (C=O) groups is 2. The first kappa shape index (κ1) is 20.0. The molecule has 2 aromatic rings. The maximum atomic E-state index is 11.8. The zero-order valence-electron chi connectivity index (χ0n) is 14.8. The Morgan fingerprint density at radius 2 is 1.89 bits per heavy atom. The van der Waals surface area contributed by atoms with E-state index in [2.05, 4.69) is 16.2 Å². The number of amides is 2. The van der Waals surface area contributed by atoms with E-state index in [-0.39, 0.29) is 11.7 Å². The van der Waals surface area contributed by atoms with Gasteiger partial charge in [0, 0.05) is 6.08 Å². The number of nitrogens with one attached hydrogen (secondary N) is 3. The van der Waals surface area contributed by atoms with Gasteiger partial charge in [0.05, 0.1) is 7.11 Å². The third kappa shape index (κ3) is 6.83. The van der Waals surface area contributed by atoms with Crippen LogP contribution in [0.2, 0.25) is 0 Å². The van der Waals surface area contributed by atoms with Crippen LogP contribution in [0.25, 0.3) is 6.08 Å². The minimum absolute atomic E-state index is 0.0640. The Balaban J connectivity index is 1.70. The Kier molecular flexibility index (Phi) is 7.38. The Hall–Kier alpha value is -3.33. The molecule has 2 rings (SSSR count). The Morgan fingerprint density at radius 3 is 2.56 bits per heavy atom. The van der Waals surface area contributed by atoms with Gasteiger partial charge in [-0.1, -0.05) is 12.1 Å². The summed E-state index contributed by atoms with van der Waals surface area (Å²) in [6, 6.07) is 10.5. The van der Waals surface area contributed by atoms with Gasteiger partial charge in [-0.15, -0.1) is 0 Å². The summed E-state index contributed by atoms with van der Waals surface area (Å²) in [6.07, 6.45) is 2.77. The maximum Gasteiger partial charge on any atom is 0.276 e. The summed E-state index contributed by atoms with van der Waals surface area (Å²) in [7, 11) is 1.51. The first-order valence-corrected chi connectivity index (χ1v) is 8.29. The summed E-state index contributed by atoms with van der Waals surface area (Å²) < 4.78 is 15.8. The molecule has 0 unspecified atom stereocenters. The number of hydrogen-bond acceptors (Lipinski definition) is 6. The van der Waals surface area contributed by atoms with Crippen molar-refractivity contribution in [1.29, 1.82) is 0 Å². The molecule has 3 N–H and O–H groups in total. The quantitative estimate of drug-likeness (QED) is 0.393. The van der Waals surface area contributed by atoms with Gasteiger partial charge in [0.1, 0.15) is 11.5 Å². The van der Waals surface area contributed by atoms with Crippen LogP contribution < -0.4 is 25.6 Å². The summed E-state index contributed by atoms with van der Waals surface area (Å²) in [5.74, 6) is 1.28. The van der Waals surface area contributed by atoms with Crippen LogP contribution in [0.3, 0.4) is 0 Å². The molecule has 0 bridgehead atoms. The van der Waals surface area contributed by atoms with E-state index < -0.39 is 11.8 Å². The largest absolute Gasteiger partial charge is 0.493 e. The monoisotopic (exact) mass is 389 g/mol. The second-order valence-electron chi connectivity index (χ2n) is 5.21. The highest BCUT2D eigenvalue weighted by Gasteiger charge is 2.08. The minimum atomic E-state index is -0.487. The van der Waals surface area contributed by atoms with Crippen molar-refractivity contribution in [1.82, 2.24) is 16.2 Å². The Bertz CT molecular complexity index is 847. The summed E-state index contributed by atoms with van der Waals surface area (Å²) >= 11 is 4.92. The number of thiocarbonyl (C=S) groups is 1. The highest BCUT2D eigenvalue weighted by Crippen LogP contribution is 2.25. The third-order valence-electron chi connectivity index (χ3n) is 3.14. The number of rotatable bonds is 6. The van der Waals surface area contributed by atoms with E-state index in [1.165, 1.54) is 19.3 Å². The molecule has 0 saturated heterocycles. The number of furan rings is 1. The fourth-order valence-corrected chi connectivity index (χ4v) is 2.08. The zero-order valence-corrected chi connectivity index (χ0v) is 15.6. The second kappa shape index (κ2) is 9.97. The molecule has 0 aliphatic rings. The van der Waals surface area contributed by atoms with Gasteiger partial charge in [-0.05, 0) is 49.5 Å². The molecule has 0 atom stereocenters. The van der Waals surface area contributed by atoms with Crippen molar-refractivity contribution < 1.29 is 23.5 Å². The number of ether oxygens (including phenoxy) is 2. The number of hydrogen-bond donors (Lipinski definition) is 3. The maximum absolute atomic E-state index is 11.8. The number of methoxy groups -OCH3 is 1. The molecule has 0 spiro atoms. The predicted molar refractivity (Wildman–Crippen MR) is 103 cm³/mol. The van der Waals surface area contributed by atoms with Gasteiger partial charge in [0.25, 0.3) is 5.91 Å². The van der Waals surface area contributed by atoms with E-state index >= 15 is 0 Å². The lowest BCUT2D eigenvalue weighted by Gasteiger charge is -2.12. The molecular formula is C18H19N3O5S. The van der Waals surface area contributed by atoms with Crippen LogP contribution in [0, 0.1) is 6.92 Å². The van der Waals surface area contributed by atoms with Gasteiger partial charge < -0.3 is 13.9 Å². The van der Waals surface area contributed by atoms with Crippen molar-refractivity contribution in [3.8, 4) is 11.5 Å². The average Bonchev–Trinajstić information content (AvgIpc) is 3.08. The molecular weight excluding hydrogens is 370 g/mol. The van der Waals surface area contributed by atoms with Crippen LogP contribution in [0.5, 0.6) is 11.5 Å². The van der Waals surface area contributed by atoms with E-state index in [4.69, 9.17) is 26.1 Å². The molecule has 9 heteroatoms. The number of benzene rings is 1. The normalized spacial score (nSPS) is 10.3. The average molecular weight is 389 g/mol. The second-order valence-corrected chi connectivity index (χ2v) is 5.62. The molecule has 1 heterocycles. The molecule has 142 valence electrons. The van der Waals surface area contributed by atoms with E-state index in [9.17, 15) is 9.59 Å². The highest BCUT2D eigenvalue weighted by atomic mass is 32.1. The van der Waals surface area contributed by atoms with E-state index in [0.717, 1.165) is 5.76 Å². The summed E-state index contributed by atoms with van der Waals surface area (Å²) in [4.78, 5) is 23.5. The lowest BCUT2D eigenvalue weighted by molar-refractivity contribution is -0.123. The van der Waals surface area contributed by atoms with Crippen LogP contribution in [-0.4, -0.2) is 30.6 Å². The molecule has 27 heavy (non-hydrogen) atoms. The summed E-state index contributed by atoms with van der Waals surface area (Å²) in [6.45, 7) is 1.54. The van der Waals surface area contributed by atoms with Gasteiger partial charge in [0.15, 0.2) is 23.2 Å². The Morgan fingerprint density at radius 1 is 1.15 bits per heavy atom. The summed E-state index contributed by atoms with van der Waals surface area (Å²) in [5.41, 5.74) is 4.73. The topological polar surface area (TPSA) is 102 Å². The van der Waals surface area contributed by atoms with Gasteiger partial charge in [0.2, 0.25) is 5.91 Å². The lowest BCUT2D eigenvalue weighted by atomic mass is 10.3. The molecule has 2 amide bonds. The van der Waals surface area contributed by atoms with Crippen molar-refractivity contribution in [3.05, 3.63) is 54.0 Å². The Labute approximate surface area is 161 Å². The van der Waals surface area contributed by atoms with Crippen molar-refractivity contribution in [3.63, 3.8) is 0 Å². The van der Waals surface area contributed by atoms with Crippen LogP contribution in [-0.2, 0) is 9.59 Å². The molecule has 1 aromatic heterocycles. The smallest absolute Gasteiger partial charge is 0.276 e. The van der Waals surface area contributed by atoms with E-state index in [0.29, 0.717) is 17.3 Å². The van der Waals surface area contributed by atoms with Crippen LogP contribution >= 0.6 is 12.2 Å². The fraction of sp³-hybridized carbons (Fsp3) is 0.167. The van der Waals surface area contributed by atoms with E-state index in [1.54, 1.807) is 43.3 Å². The molecule has 8 nitrogen and oxygen atoms in total. The minimum Gasteiger partial charge on any atom is -0.493 e. The van der Waals surface area contributed by atoms with Gasteiger partial charge >= 0.3 is 0 Å².